The molecule has 0 saturated heterocycles. The fourth-order valence-corrected chi connectivity index (χ4v) is 1.33. The van der Waals surface area contributed by atoms with Crippen LogP contribution in [-0.4, -0.2) is 25.2 Å². The van der Waals surface area contributed by atoms with Crippen LogP contribution in [0, 0.1) is 0 Å². The minimum absolute atomic E-state index is 0.0404. The molecule has 0 aliphatic rings. The van der Waals surface area contributed by atoms with Crippen molar-refractivity contribution in [2.75, 3.05) is 19.0 Å². The molecule has 1 aromatic carbocycles. The number of carboxylic acid groups (broad SMARTS) is 1. The van der Waals surface area contributed by atoms with E-state index in [1.807, 2.05) is 43.3 Å². The van der Waals surface area contributed by atoms with Crippen molar-refractivity contribution in [1.82, 2.24) is 0 Å². The molecule has 82 valence electrons. The molecule has 0 aromatic heterocycles. The summed E-state index contributed by atoms with van der Waals surface area (Å²) >= 11 is 0. The number of hydrogen-bond donors (Lipinski definition) is 2. The van der Waals surface area contributed by atoms with E-state index in [1.165, 1.54) is 0 Å². The number of carbonyl (C=O) groups is 1. The van der Waals surface area contributed by atoms with Crippen LogP contribution >= 0.6 is 0 Å². The van der Waals surface area contributed by atoms with E-state index in [2.05, 4.69) is 0 Å². The number of carboxylic acids is 1. The Labute approximate surface area is 89.3 Å². The second kappa shape index (κ2) is 4.79. The largest absolute Gasteiger partial charge is 0.481 e. The smallest absolute Gasteiger partial charge is 0.305 e. The van der Waals surface area contributed by atoms with Gasteiger partial charge in [0.05, 0.1) is 6.42 Å². The quantitative estimate of drug-likeness (QED) is 0.781. The molecule has 1 rings (SSSR count). The molecular formula is C11H16N2O2. The first-order valence-corrected chi connectivity index (χ1v) is 4.75. The number of aliphatic carboxylic acids is 1. The molecule has 0 spiro atoms. The van der Waals surface area contributed by atoms with Crippen LogP contribution in [0.5, 0.6) is 0 Å². The predicted molar refractivity (Wildman–Crippen MR) is 60.0 cm³/mol. The first-order valence-electron chi connectivity index (χ1n) is 4.75. The fraction of sp³-hybridized carbons (Fsp3) is 0.364. The highest BCUT2D eigenvalue weighted by atomic mass is 16.4. The second-order valence-corrected chi connectivity index (χ2v) is 3.69. The number of hydrogen-bond acceptors (Lipinski definition) is 3. The fourth-order valence-electron chi connectivity index (χ4n) is 1.33. The lowest BCUT2D eigenvalue weighted by Gasteiger charge is -2.14. The van der Waals surface area contributed by atoms with Crippen LogP contribution in [0.2, 0.25) is 0 Å². The lowest BCUT2D eigenvalue weighted by Crippen LogP contribution is -2.15. The van der Waals surface area contributed by atoms with Gasteiger partial charge >= 0.3 is 5.97 Å². The molecule has 0 bridgehead atoms. The zero-order valence-electron chi connectivity index (χ0n) is 8.97. The summed E-state index contributed by atoms with van der Waals surface area (Å²) < 4.78 is 0. The topological polar surface area (TPSA) is 66.6 Å². The normalized spacial score (nSPS) is 12.2. The van der Waals surface area contributed by atoms with Gasteiger partial charge in [0, 0.05) is 25.8 Å². The van der Waals surface area contributed by atoms with Crippen molar-refractivity contribution in [3.8, 4) is 0 Å². The SMILES string of the molecule is CN(C)c1ccc(C(N)CC(=O)O)cc1. The molecule has 0 fully saturated rings. The van der Waals surface area contributed by atoms with Crippen molar-refractivity contribution in [2.24, 2.45) is 5.73 Å². The highest BCUT2D eigenvalue weighted by Crippen LogP contribution is 2.18. The van der Waals surface area contributed by atoms with Gasteiger partial charge in [-0.15, -0.1) is 0 Å². The molecule has 0 radical (unpaired) electrons. The van der Waals surface area contributed by atoms with Gasteiger partial charge in [0.15, 0.2) is 0 Å². The zero-order chi connectivity index (χ0) is 11.4. The zero-order valence-corrected chi connectivity index (χ0v) is 8.97. The molecule has 0 heterocycles. The van der Waals surface area contributed by atoms with Gasteiger partial charge in [-0.2, -0.15) is 0 Å². The maximum atomic E-state index is 10.5. The van der Waals surface area contributed by atoms with Crippen LogP contribution in [0.1, 0.15) is 18.0 Å². The molecular weight excluding hydrogens is 192 g/mol. The Balaban J connectivity index is 2.75. The van der Waals surface area contributed by atoms with Gasteiger partial charge in [0.2, 0.25) is 0 Å². The van der Waals surface area contributed by atoms with Crippen molar-refractivity contribution in [2.45, 2.75) is 12.5 Å². The third kappa shape index (κ3) is 3.25. The lowest BCUT2D eigenvalue weighted by molar-refractivity contribution is -0.137. The molecule has 1 aromatic rings. The molecule has 0 aliphatic carbocycles. The van der Waals surface area contributed by atoms with Gasteiger partial charge in [0.25, 0.3) is 0 Å². The summed E-state index contributed by atoms with van der Waals surface area (Å²) in [5.74, 6) is -0.876. The van der Waals surface area contributed by atoms with Gasteiger partial charge in [-0.25, -0.2) is 0 Å². The van der Waals surface area contributed by atoms with Crippen LogP contribution in [0.25, 0.3) is 0 Å². The third-order valence-electron chi connectivity index (χ3n) is 2.23. The number of anilines is 1. The van der Waals surface area contributed by atoms with E-state index >= 15 is 0 Å². The molecule has 1 unspecified atom stereocenters. The highest BCUT2D eigenvalue weighted by molar-refractivity contribution is 5.68. The van der Waals surface area contributed by atoms with Crippen molar-refractivity contribution in [1.29, 1.82) is 0 Å². The molecule has 0 amide bonds. The maximum Gasteiger partial charge on any atom is 0.305 e. The summed E-state index contributed by atoms with van der Waals surface area (Å²) in [5.41, 5.74) is 7.65. The van der Waals surface area contributed by atoms with E-state index < -0.39 is 12.0 Å². The van der Waals surface area contributed by atoms with Gasteiger partial charge in [-0.05, 0) is 17.7 Å². The van der Waals surface area contributed by atoms with Crippen LogP contribution in [0.4, 0.5) is 5.69 Å². The lowest BCUT2D eigenvalue weighted by atomic mass is 10.0. The molecule has 4 heteroatoms. The Morgan fingerprint density at radius 3 is 2.33 bits per heavy atom. The molecule has 1 atom stereocenters. The average Bonchev–Trinajstić information content (AvgIpc) is 2.17. The summed E-state index contributed by atoms with van der Waals surface area (Å²) in [4.78, 5) is 12.4. The van der Waals surface area contributed by atoms with E-state index in [1.54, 1.807) is 0 Å². The molecule has 0 aliphatic heterocycles. The molecule has 4 nitrogen and oxygen atoms in total. The number of benzene rings is 1. The van der Waals surface area contributed by atoms with Crippen LogP contribution < -0.4 is 10.6 Å². The molecule has 15 heavy (non-hydrogen) atoms. The summed E-state index contributed by atoms with van der Waals surface area (Å²) in [6, 6.07) is 7.15. The van der Waals surface area contributed by atoms with Gasteiger partial charge < -0.3 is 15.7 Å². The Bertz CT molecular complexity index is 333. The summed E-state index contributed by atoms with van der Waals surface area (Å²) in [7, 11) is 3.90. The van der Waals surface area contributed by atoms with Crippen molar-refractivity contribution in [3.05, 3.63) is 29.8 Å². The van der Waals surface area contributed by atoms with E-state index in [0.29, 0.717) is 0 Å². The van der Waals surface area contributed by atoms with Gasteiger partial charge in [0.1, 0.15) is 0 Å². The van der Waals surface area contributed by atoms with E-state index in [0.717, 1.165) is 11.3 Å². The second-order valence-electron chi connectivity index (χ2n) is 3.69. The average molecular weight is 208 g/mol. The number of nitrogens with zero attached hydrogens (tertiary/aromatic N) is 1. The van der Waals surface area contributed by atoms with E-state index in [4.69, 9.17) is 10.8 Å². The monoisotopic (exact) mass is 208 g/mol. The molecule has 0 saturated carbocycles. The van der Waals surface area contributed by atoms with Crippen LogP contribution in [0.15, 0.2) is 24.3 Å². The Morgan fingerprint density at radius 2 is 1.93 bits per heavy atom. The van der Waals surface area contributed by atoms with Crippen molar-refractivity contribution in [3.63, 3.8) is 0 Å². The van der Waals surface area contributed by atoms with Gasteiger partial charge in [-0.1, -0.05) is 12.1 Å². The van der Waals surface area contributed by atoms with E-state index in [9.17, 15) is 4.79 Å². The summed E-state index contributed by atoms with van der Waals surface area (Å²) in [5, 5.41) is 8.60. The summed E-state index contributed by atoms with van der Waals surface area (Å²) in [6.07, 6.45) is -0.0404. The number of nitrogens with two attached hydrogens (primary N) is 1. The first kappa shape index (κ1) is 11.5. The van der Waals surface area contributed by atoms with Crippen LogP contribution in [-0.2, 0) is 4.79 Å². The van der Waals surface area contributed by atoms with E-state index in [-0.39, 0.29) is 6.42 Å². The number of rotatable bonds is 4. The maximum absolute atomic E-state index is 10.5. The van der Waals surface area contributed by atoms with Crippen LogP contribution in [0.3, 0.4) is 0 Å². The standard InChI is InChI=1S/C11H16N2O2/c1-13(2)9-5-3-8(4-6-9)10(12)7-11(14)15/h3-6,10H,7,12H2,1-2H3,(H,14,15). The van der Waals surface area contributed by atoms with Crippen molar-refractivity contribution < 1.29 is 9.90 Å². The first-order chi connectivity index (χ1) is 7.00. The summed E-state index contributed by atoms with van der Waals surface area (Å²) in [6.45, 7) is 0. The van der Waals surface area contributed by atoms with Gasteiger partial charge in [-0.3, -0.25) is 4.79 Å². The molecule has 3 N–H and O–H groups in total. The Hall–Kier alpha value is -1.55. The Kier molecular flexibility index (Phi) is 3.68. The third-order valence-corrected chi connectivity index (χ3v) is 2.23. The van der Waals surface area contributed by atoms with Crippen molar-refractivity contribution >= 4 is 11.7 Å². The predicted octanol–water partition coefficient (Wildman–Crippen LogP) is 1.23. The minimum atomic E-state index is -0.876. The minimum Gasteiger partial charge on any atom is -0.481 e. The Morgan fingerprint density at radius 1 is 1.40 bits per heavy atom. The highest BCUT2D eigenvalue weighted by Gasteiger charge is 2.10.